The second kappa shape index (κ2) is 10.9. The molecule has 0 saturated carbocycles. The minimum Gasteiger partial charge on any atom is -0.463 e. The molecule has 1 fully saturated rings. The number of ether oxygens (including phenoxy) is 1. The number of rotatable bonds is 6. The molecule has 0 aromatic heterocycles. The first-order valence-corrected chi connectivity index (χ1v) is 12.1. The zero-order valence-electron chi connectivity index (χ0n) is 20.7. The van der Waals surface area contributed by atoms with E-state index < -0.39 is 17.8 Å². The lowest BCUT2D eigenvalue weighted by Gasteiger charge is -2.42. The van der Waals surface area contributed by atoms with Crippen molar-refractivity contribution in [1.82, 2.24) is 20.0 Å². The lowest BCUT2D eigenvalue weighted by Crippen LogP contribution is -2.56. The number of halogens is 1. The largest absolute Gasteiger partial charge is 0.463 e. The molecule has 1 saturated heterocycles. The number of urea groups is 1. The summed E-state index contributed by atoms with van der Waals surface area (Å²) >= 11 is 0. The molecule has 2 heterocycles. The van der Waals surface area contributed by atoms with Crippen LogP contribution in [0.25, 0.3) is 0 Å². The van der Waals surface area contributed by atoms with Gasteiger partial charge in [-0.2, -0.15) is 0 Å². The van der Waals surface area contributed by atoms with Crippen LogP contribution < -0.4 is 5.32 Å². The van der Waals surface area contributed by atoms with E-state index in [0.717, 1.165) is 0 Å². The fraction of sp³-hybridized carbons (Fsp3) is 0.370. The van der Waals surface area contributed by atoms with Gasteiger partial charge in [0.2, 0.25) is 0 Å². The Kier molecular flexibility index (Phi) is 7.69. The number of piperazine rings is 1. The molecule has 2 aliphatic heterocycles. The van der Waals surface area contributed by atoms with Gasteiger partial charge in [-0.1, -0.05) is 30.3 Å². The van der Waals surface area contributed by atoms with Crippen LogP contribution in [0.1, 0.15) is 35.8 Å². The van der Waals surface area contributed by atoms with E-state index >= 15 is 0 Å². The summed E-state index contributed by atoms with van der Waals surface area (Å²) in [5.41, 5.74) is 2.09. The molecule has 0 spiro atoms. The van der Waals surface area contributed by atoms with Gasteiger partial charge in [-0.3, -0.25) is 14.6 Å². The third-order valence-electron chi connectivity index (χ3n) is 6.64. The van der Waals surface area contributed by atoms with Gasteiger partial charge in [-0.05, 0) is 43.7 Å². The van der Waals surface area contributed by atoms with Crippen LogP contribution in [0, 0.1) is 5.82 Å². The minimum atomic E-state index is -0.762. The fourth-order valence-electron chi connectivity index (χ4n) is 4.74. The highest BCUT2D eigenvalue weighted by atomic mass is 19.1. The van der Waals surface area contributed by atoms with E-state index in [2.05, 4.69) is 10.2 Å². The molecular formula is C27H31FN4O4. The Morgan fingerprint density at radius 2 is 1.78 bits per heavy atom. The summed E-state index contributed by atoms with van der Waals surface area (Å²) < 4.78 is 18.9. The van der Waals surface area contributed by atoms with Gasteiger partial charge in [0.1, 0.15) is 5.82 Å². The van der Waals surface area contributed by atoms with Crippen molar-refractivity contribution >= 4 is 17.9 Å². The van der Waals surface area contributed by atoms with Crippen LogP contribution in [0.5, 0.6) is 0 Å². The van der Waals surface area contributed by atoms with Crippen LogP contribution in [0.15, 0.2) is 65.9 Å². The molecule has 190 valence electrons. The average molecular weight is 495 g/mol. The van der Waals surface area contributed by atoms with Crippen molar-refractivity contribution in [2.75, 3.05) is 39.8 Å². The maximum atomic E-state index is 13.6. The molecule has 9 heteroatoms. The minimum absolute atomic E-state index is 0.0142. The van der Waals surface area contributed by atoms with E-state index in [1.54, 1.807) is 26.1 Å². The Bertz CT molecular complexity index is 1150. The third kappa shape index (κ3) is 5.26. The van der Waals surface area contributed by atoms with Gasteiger partial charge in [-0.15, -0.1) is 0 Å². The molecule has 0 unspecified atom stereocenters. The Morgan fingerprint density at radius 3 is 2.42 bits per heavy atom. The number of hydrogen-bond acceptors (Lipinski definition) is 5. The van der Waals surface area contributed by atoms with Crippen molar-refractivity contribution in [3.8, 4) is 0 Å². The standard InChI is InChI=1S/C27H31FN4O4/c1-4-36-26(34)23-22(30(3)27(35)29-24(23)19-10-12-21(28)13-11-19)17-31-14-15-32(18(2)16-31)25(33)20-8-6-5-7-9-20/h5-13,18,24H,4,14-17H2,1-3H3,(H,29,35)/t18-,24-/m1/s1. The number of nitrogens with zero attached hydrogens (tertiary/aromatic N) is 3. The Labute approximate surface area is 210 Å². The maximum Gasteiger partial charge on any atom is 0.338 e. The van der Waals surface area contributed by atoms with Crippen LogP contribution in [-0.4, -0.2) is 78.5 Å². The van der Waals surface area contributed by atoms with Gasteiger partial charge in [0.25, 0.3) is 5.91 Å². The summed E-state index contributed by atoms with van der Waals surface area (Å²) in [5, 5.41) is 2.84. The fourth-order valence-corrected chi connectivity index (χ4v) is 4.74. The van der Waals surface area contributed by atoms with E-state index in [-0.39, 0.29) is 24.6 Å². The lowest BCUT2D eigenvalue weighted by atomic mass is 9.94. The number of esters is 1. The number of likely N-dealkylation sites (N-methyl/N-ethyl adjacent to an activating group) is 1. The number of benzene rings is 2. The van der Waals surface area contributed by atoms with Gasteiger partial charge in [0.15, 0.2) is 0 Å². The van der Waals surface area contributed by atoms with Crippen molar-refractivity contribution in [2.24, 2.45) is 0 Å². The predicted molar refractivity (Wildman–Crippen MR) is 132 cm³/mol. The molecule has 1 N–H and O–H groups in total. The quantitative estimate of drug-likeness (QED) is 0.624. The van der Waals surface area contributed by atoms with E-state index in [9.17, 15) is 18.8 Å². The van der Waals surface area contributed by atoms with Gasteiger partial charge in [0, 0.05) is 50.5 Å². The summed E-state index contributed by atoms with van der Waals surface area (Å²) in [6, 6.07) is 13.7. The summed E-state index contributed by atoms with van der Waals surface area (Å²) in [5.74, 6) is -0.948. The average Bonchev–Trinajstić information content (AvgIpc) is 2.87. The zero-order chi connectivity index (χ0) is 25.8. The zero-order valence-corrected chi connectivity index (χ0v) is 20.7. The lowest BCUT2D eigenvalue weighted by molar-refractivity contribution is -0.139. The Morgan fingerprint density at radius 1 is 1.08 bits per heavy atom. The normalized spacial score (nSPS) is 20.8. The molecule has 0 aliphatic carbocycles. The van der Waals surface area contributed by atoms with Crippen molar-refractivity contribution in [3.63, 3.8) is 0 Å². The molecule has 4 rings (SSSR count). The molecule has 8 nitrogen and oxygen atoms in total. The first-order valence-electron chi connectivity index (χ1n) is 12.1. The van der Waals surface area contributed by atoms with Crippen molar-refractivity contribution in [3.05, 3.63) is 82.8 Å². The summed E-state index contributed by atoms with van der Waals surface area (Å²) in [4.78, 5) is 44.4. The topological polar surface area (TPSA) is 82.2 Å². The number of carbonyl (C=O) groups is 3. The molecule has 2 aromatic rings. The van der Waals surface area contributed by atoms with E-state index in [1.807, 2.05) is 42.2 Å². The third-order valence-corrected chi connectivity index (χ3v) is 6.64. The van der Waals surface area contributed by atoms with Gasteiger partial charge < -0.3 is 15.0 Å². The van der Waals surface area contributed by atoms with Crippen molar-refractivity contribution in [1.29, 1.82) is 0 Å². The summed E-state index contributed by atoms with van der Waals surface area (Å²) in [7, 11) is 1.61. The summed E-state index contributed by atoms with van der Waals surface area (Å²) in [6.07, 6.45) is 0. The van der Waals surface area contributed by atoms with Crippen LogP contribution in [0.4, 0.5) is 9.18 Å². The summed E-state index contributed by atoms with van der Waals surface area (Å²) in [6.45, 7) is 5.91. The maximum absolute atomic E-state index is 13.6. The smallest absolute Gasteiger partial charge is 0.338 e. The van der Waals surface area contributed by atoms with E-state index in [1.165, 1.54) is 17.0 Å². The molecule has 0 bridgehead atoms. The van der Waals surface area contributed by atoms with Crippen LogP contribution in [0.3, 0.4) is 0 Å². The monoisotopic (exact) mass is 494 g/mol. The van der Waals surface area contributed by atoms with Crippen molar-refractivity contribution in [2.45, 2.75) is 25.9 Å². The van der Waals surface area contributed by atoms with Crippen molar-refractivity contribution < 1.29 is 23.5 Å². The molecule has 36 heavy (non-hydrogen) atoms. The van der Waals surface area contributed by atoms with E-state index in [0.29, 0.717) is 48.6 Å². The number of carbonyl (C=O) groups excluding carboxylic acids is 3. The Balaban J connectivity index is 1.60. The molecule has 3 amide bonds. The van der Waals surface area contributed by atoms with Gasteiger partial charge in [-0.25, -0.2) is 14.0 Å². The van der Waals surface area contributed by atoms with Crippen LogP contribution >= 0.6 is 0 Å². The first-order chi connectivity index (χ1) is 17.3. The molecule has 2 atom stereocenters. The second-order valence-corrected chi connectivity index (χ2v) is 9.02. The molecule has 2 aliphatic rings. The number of hydrogen-bond donors (Lipinski definition) is 1. The van der Waals surface area contributed by atoms with Crippen LogP contribution in [-0.2, 0) is 9.53 Å². The first kappa shape index (κ1) is 25.4. The highest BCUT2D eigenvalue weighted by molar-refractivity contribution is 5.95. The SMILES string of the molecule is CCOC(=O)C1=C(CN2CCN(C(=O)c3ccccc3)[C@H](C)C2)N(C)C(=O)N[C@@H]1c1ccc(F)cc1. The van der Waals surface area contributed by atoms with Gasteiger partial charge >= 0.3 is 12.0 Å². The number of nitrogens with one attached hydrogen (secondary N) is 1. The highest BCUT2D eigenvalue weighted by Gasteiger charge is 2.38. The van der Waals surface area contributed by atoms with Gasteiger partial charge in [0.05, 0.1) is 18.2 Å². The number of amides is 3. The highest BCUT2D eigenvalue weighted by Crippen LogP contribution is 2.32. The predicted octanol–water partition coefficient (Wildman–Crippen LogP) is 3.19. The van der Waals surface area contributed by atoms with Crippen LogP contribution in [0.2, 0.25) is 0 Å². The Hall–Kier alpha value is -3.72. The second-order valence-electron chi connectivity index (χ2n) is 9.02. The van der Waals surface area contributed by atoms with E-state index in [4.69, 9.17) is 4.74 Å². The molecule has 2 aromatic carbocycles. The molecular weight excluding hydrogens is 463 g/mol. The molecule has 0 radical (unpaired) electrons.